The fourth-order valence-electron chi connectivity index (χ4n) is 3.38. The first-order chi connectivity index (χ1) is 10.2. The van der Waals surface area contributed by atoms with E-state index < -0.39 is 0 Å². The van der Waals surface area contributed by atoms with Crippen molar-refractivity contribution >= 4 is 17.5 Å². The molecule has 1 atom stereocenters. The molecule has 0 bridgehead atoms. The lowest BCUT2D eigenvalue weighted by molar-refractivity contribution is 0.0372. The Morgan fingerprint density at radius 3 is 3.00 bits per heavy atom. The number of hydrogen-bond acceptors (Lipinski definition) is 3. The van der Waals surface area contributed by atoms with Crippen molar-refractivity contribution in [2.24, 2.45) is 0 Å². The number of fused-ring (bicyclic) bond motifs is 1. The number of hydrogen-bond donors (Lipinski definition) is 0. The quantitative estimate of drug-likeness (QED) is 0.788. The molecule has 3 rings (SSSR count). The van der Waals surface area contributed by atoms with Crippen LogP contribution in [-0.2, 0) is 6.42 Å². The van der Waals surface area contributed by atoms with Crippen molar-refractivity contribution in [3.8, 4) is 0 Å². The second kappa shape index (κ2) is 6.32. The van der Waals surface area contributed by atoms with E-state index in [-0.39, 0.29) is 5.91 Å². The molecule has 0 aromatic carbocycles. The molecule has 0 saturated carbocycles. The van der Waals surface area contributed by atoms with Crippen molar-refractivity contribution in [2.45, 2.75) is 38.6 Å². The molecule has 1 aromatic heterocycles. The van der Waals surface area contributed by atoms with Gasteiger partial charge in [-0.25, -0.2) is 4.98 Å². The number of carbonyl (C=O) groups excluding carboxylic acids is 1. The second-order valence-electron chi connectivity index (χ2n) is 5.96. The van der Waals surface area contributed by atoms with Gasteiger partial charge in [0.2, 0.25) is 0 Å². The molecule has 114 valence electrons. The standard InChI is InChI=1S/C16H22ClN3O/c1-2-13-9-12(10-15(17)18-13)16(21)20-8-7-19-6-4-3-5-14(19)11-20/h9-10,14H,2-8,11H2,1H3. The van der Waals surface area contributed by atoms with Crippen LogP contribution < -0.4 is 0 Å². The van der Waals surface area contributed by atoms with Crippen LogP contribution in [0.1, 0.15) is 42.2 Å². The normalized spacial score (nSPS) is 23.0. The SMILES string of the molecule is CCc1cc(C(=O)N2CCN3CCCCC3C2)cc(Cl)n1. The summed E-state index contributed by atoms with van der Waals surface area (Å²) in [6.45, 7) is 5.87. The van der Waals surface area contributed by atoms with Gasteiger partial charge in [0.15, 0.2) is 0 Å². The Bertz CT molecular complexity index is 534. The van der Waals surface area contributed by atoms with Crippen LogP contribution in [-0.4, -0.2) is 52.9 Å². The van der Waals surface area contributed by atoms with E-state index >= 15 is 0 Å². The highest BCUT2D eigenvalue weighted by Gasteiger charge is 2.31. The summed E-state index contributed by atoms with van der Waals surface area (Å²) in [7, 11) is 0. The third kappa shape index (κ3) is 3.22. The first-order valence-corrected chi connectivity index (χ1v) is 8.25. The van der Waals surface area contributed by atoms with Crippen LogP contribution in [0.25, 0.3) is 0 Å². The lowest BCUT2D eigenvalue weighted by Crippen LogP contribution is -2.56. The van der Waals surface area contributed by atoms with Gasteiger partial charge in [-0.2, -0.15) is 0 Å². The summed E-state index contributed by atoms with van der Waals surface area (Å²) >= 11 is 6.03. The molecule has 5 heteroatoms. The van der Waals surface area contributed by atoms with Gasteiger partial charge in [-0.3, -0.25) is 9.69 Å². The molecule has 2 saturated heterocycles. The monoisotopic (exact) mass is 307 g/mol. The van der Waals surface area contributed by atoms with Crippen LogP contribution in [0.5, 0.6) is 0 Å². The summed E-state index contributed by atoms with van der Waals surface area (Å²) in [6, 6.07) is 4.11. The number of aromatic nitrogens is 1. The molecule has 0 N–H and O–H groups in total. The van der Waals surface area contributed by atoms with E-state index in [1.807, 2.05) is 17.9 Å². The maximum absolute atomic E-state index is 12.7. The molecule has 2 aliphatic rings. The molecule has 1 aromatic rings. The summed E-state index contributed by atoms with van der Waals surface area (Å²) in [4.78, 5) is 21.5. The minimum absolute atomic E-state index is 0.0965. The van der Waals surface area contributed by atoms with E-state index in [2.05, 4.69) is 9.88 Å². The Morgan fingerprint density at radius 1 is 1.33 bits per heavy atom. The van der Waals surface area contributed by atoms with Gasteiger partial charge < -0.3 is 4.90 Å². The van der Waals surface area contributed by atoms with Gasteiger partial charge in [0.25, 0.3) is 5.91 Å². The van der Waals surface area contributed by atoms with Crippen molar-refractivity contribution < 1.29 is 4.79 Å². The number of pyridine rings is 1. The maximum atomic E-state index is 12.7. The fraction of sp³-hybridized carbons (Fsp3) is 0.625. The van der Waals surface area contributed by atoms with Crippen molar-refractivity contribution in [1.82, 2.24) is 14.8 Å². The molecular weight excluding hydrogens is 286 g/mol. The molecule has 1 unspecified atom stereocenters. The Balaban J connectivity index is 1.74. The zero-order valence-electron chi connectivity index (χ0n) is 12.5. The van der Waals surface area contributed by atoms with Crippen molar-refractivity contribution in [2.75, 3.05) is 26.2 Å². The van der Waals surface area contributed by atoms with Gasteiger partial charge in [-0.05, 0) is 37.9 Å². The summed E-state index contributed by atoms with van der Waals surface area (Å²) in [5.41, 5.74) is 1.55. The topological polar surface area (TPSA) is 36.4 Å². The van der Waals surface area contributed by atoms with Crippen LogP contribution in [0, 0.1) is 0 Å². The Morgan fingerprint density at radius 2 is 2.19 bits per heavy atom. The fourth-order valence-corrected chi connectivity index (χ4v) is 3.60. The van der Waals surface area contributed by atoms with E-state index in [1.165, 1.54) is 25.8 Å². The zero-order chi connectivity index (χ0) is 14.8. The Kier molecular flexibility index (Phi) is 4.45. The average Bonchev–Trinajstić information content (AvgIpc) is 2.53. The molecule has 21 heavy (non-hydrogen) atoms. The first-order valence-electron chi connectivity index (χ1n) is 7.87. The number of nitrogens with zero attached hydrogens (tertiary/aromatic N) is 3. The van der Waals surface area contributed by atoms with E-state index in [1.54, 1.807) is 6.07 Å². The van der Waals surface area contributed by atoms with Crippen molar-refractivity contribution in [3.05, 3.63) is 28.5 Å². The smallest absolute Gasteiger partial charge is 0.254 e. The van der Waals surface area contributed by atoms with Crippen LogP contribution in [0.4, 0.5) is 0 Å². The molecule has 0 radical (unpaired) electrons. The lowest BCUT2D eigenvalue weighted by atomic mass is 9.99. The van der Waals surface area contributed by atoms with Gasteiger partial charge in [0.1, 0.15) is 5.15 Å². The zero-order valence-corrected chi connectivity index (χ0v) is 13.3. The largest absolute Gasteiger partial charge is 0.336 e. The highest BCUT2D eigenvalue weighted by atomic mass is 35.5. The number of carbonyl (C=O) groups is 1. The van der Waals surface area contributed by atoms with Crippen LogP contribution in [0.2, 0.25) is 5.15 Å². The summed E-state index contributed by atoms with van der Waals surface area (Å²) in [6.07, 6.45) is 4.58. The number of piperazine rings is 1. The van der Waals surface area contributed by atoms with Crippen LogP contribution in [0.15, 0.2) is 12.1 Å². The lowest BCUT2D eigenvalue weighted by Gasteiger charge is -2.44. The van der Waals surface area contributed by atoms with Gasteiger partial charge in [0.05, 0.1) is 0 Å². The molecular formula is C16H22ClN3O. The van der Waals surface area contributed by atoms with Crippen molar-refractivity contribution in [3.63, 3.8) is 0 Å². The minimum atomic E-state index is 0.0965. The molecule has 2 aliphatic heterocycles. The number of rotatable bonds is 2. The highest BCUT2D eigenvalue weighted by molar-refractivity contribution is 6.29. The predicted octanol–water partition coefficient (Wildman–Crippen LogP) is 2.61. The van der Waals surface area contributed by atoms with E-state index in [0.717, 1.165) is 31.7 Å². The van der Waals surface area contributed by atoms with E-state index in [9.17, 15) is 4.79 Å². The molecule has 1 amide bonds. The number of piperidine rings is 1. The first kappa shape index (κ1) is 14.8. The van der Waals surface area contributed by atoms with E-state index in [0.29, 0.717) is 16.8 Å². The van der Waals surface area contributed by atoms with Gasteiger partial charge in [-0.15, -0.1) is 0 Å². The molecule has 0 spiro atoms. The molecule has 2 fully saturated rings. The van der Waals surface area contributed by atoms with Crippen LogP contribution in [0.3, 0.4) is 0 Å². The third-order valence-corrected chi connectivity index (χ3v) is 4.77. The summed E-state index contributed by atoms with van der Waals surface area (Å²) < 4.78 is 0. The van der Waals surface area contributed by atoms with Crippen molar-refractivity contribution in [1.29, 1.82) is 0 Å². The summed E-state index contributed by atoms with van der Waals surface area (Å²) in [5, 5.41) is 0.411. The maximum Gasteiger partial charge on any atom is 0.254 e. The molecule has 3 heterocycles. The number of aryl methyl sites for hydroxylation is 1. The molecule has 4 nitrogen and oxygen atoms in total. The van der Waals surface area contributed by atoms with E-state index in [4.69, 9.17) is 11.6 Å². The Labute approximate surface area is 131 Å². The van der Waals surface area contributed by atoms with Gasteiger partial charge in [0, 0.05) is 36.9 Å². The highest BCUT2D eigenvalue weighted by Crippen LogP contribution is 2.22. The Hall–Kier alpha value is -1.13. The average molecular weight is 308 g/mol. The summed E-state index contributed by atoms with van der Waals surface area (Å²) in [5.74, 6) is 0.0965. The molecule has 0 aliphatic carbocycles. The predicted molar refractivity (Wildman–Crippen MR) is 83.7 cm³/mol. The minimum Gasteiger partial charge on any atom is -0.336 e. The second-order valence-corrected chi connectivity index (χ2v) is 6.35. The third-order valence-electron chi connectivity index (χ3n) is 4.58. The number of amides is 1. The van der Waals surface area contributed by atoms with Crippen LogP contribution >= 0.6 is 11.6 Å². The number of halogens is 1. The van der Waals surface area contributed by atoms with Gasteiger partial charge in [-0.1, -0.05) is 24.9 Å². The van der Waals surface area contributed by atoms with Gasteiger partial charge >= 0.3 is 0 Å².